The Labute approximate surface area is 97.8 Å². The normalized spacial score (nSPS) is 10.4. The van der Waals surface area contributed by atoms with E-state index in [0.29, 0.717) is 6.85 Å². The van der Waals surface area contributed by atoms with Crippen LogP contribution in [0.25, 0.3) is 0 Å². The molecule has 0 saturated heterocycles. The van der Waals surface area contributed by atoms with Crippen molar-refractivity contribution >= 4 is 17.8 Å². The first kappa shape index (κ1) is 11.0. The van der Waals surface area contributed by atoms with Gasteiger partial charge in [0.05, 0.1) is 0 Å². The standard InChI is InChI=1S/C14H16BN/c1-16(2)15(13-9-5-3-6-10-13)14-11-7-4-8-12-14/h3-12H,1-2H3. The van der Waals surface area contributed by atoms with Gasteiger partial charge in [0.25, 0.3) is 6.85 Å². The molecule has 0 aliphatic carbocycles. The third kappa shape index (κ3) is 2.34. The summed E-state index contributed by atoms with van der Waals surface area (Å²) in [4.78, 5) is 2.24. The van der Waals surface area contributed by atoms with Crippen molar-refractivity contribution in [2.45, 2.75) is 0 Å². The summed E-state index contributed by atoms with van der Waals surface area (Å²) in [5.41, 5.74) is 2.66. The van der Waals surface area contributed by atoms with Crippen LogP contribution < -0.4 is 10.9 Å². The highest BCUT2D eigenvalue weighted by Gasteiger charge is 2.21. The van der Waals surface area contributed by atoms with Gasteiger partial charge in [-0.3, -0.25) is 0 Å². The molecule has 0 bridgehead atoms. The molecule has 0 radical (unpaired) electrons. The Morgan fingerprint density at radius 1 is 0.688 bits per heavy atom. The van der Waals surface area contributed by atoms with Gasteiger partial charge in [-0.15, -0.1) is 0 Å². The first-order valence-electron chi connectivity index (χ1n) is 5.55. The van der Waals surface area contributed by atoms with E-state index in [1.165, 1.54) is 10.9 Å². The third-order valence-corrected chi connectivity index (χ3v) is 2.75. The lowest BCUT2D eigenvalue weighted by molar-refractivity contribution is 0.658. The number of benzene rings is 2. The summed E-state index contributed by atoms with van der Waals surface area (Å²) < 4.78 is 0. The maximum absolute atomic E-state index is 2.24. The summed E-state index contributed by atoms with van der Waals surface area (Å²) in [5, 5.41) is 0. The van der Waals surface area contributed by atoms with Crippen molar-refractivity contribution in [2.75, 3.05) is 14.1 Å². The van der Waals surface area contributed by atoms with E-state index in [4.69, 9.17) is 0 Å². The summed E-state index contributed by atoms with van der Waals surface area (Å²) in [6.45, 7) is 0.336. The molecule has 0 spiro atoms. The summed E-state index contributed by atoms with van der Waals surface area (Å²) in [6, 6.07) is 21.2. The summed E-state index contributed by atoms with van der Waals surface area (Å²) >= 11 is 0. The summed E-state index contributed by atoms with van der Waals surface area (Å²) in [6.07, 6.45) is 0. The number of hydrogen-bond donors (Lipinski definition) is 0. The SMILES string of the molecule is CN(C)B(c1ccccc1)c1ccccc1. The van der Waals surface area contributed by atoms with E-state index in [2.05, 4.69) is 79.6 Å². The van der Waals surface area contributed by atoms with Gasteiger partial charge < -0.3 is 4.81 Å². The van der Waals surface area contributed by atoms with Crippen molar-refractivity contribution in [3.8, 4) is 0 Å². The van der Waals surface area contributed by atoms with Crippen LogP contribution in [0.2, 0.25) is 0 Å². The molecule has 0 amide bonds. The van der Waals surface area contributed by atoms with Gasteiger partial charge >= 0.3 is 0 Å². The van der Waals surface area contributed by atoms with Gasteiger partial charge in [0.1, 0.15) is 0 Å². The minimum Gasteiger partial charge on any atom is -0.340 e. The van der Waals surface area contributed by atoms with Crippen molar-refractivity contribution in [3.05, 3.63) is 60.7 Å². The average Bonchev–Trinajstić information content (AvgIpc) is 2.31. The van der Waals surface area contributed by atoms with Crippen molar-refractivity contribution < 1.29 is 0 Å². The van der Waals surface area contributed by atoms with Crippen LogP contribution in [0.1, 0.15) is 0 Å². The second-order valence-electron chi connectivity index (χ2n) is 4.19. The van der Waals surface area contributed by atoms with E-state index in [1.807, 2.05) is 0 Å². The lowest BCUT2D eigenvalue weighted by Crippen LogP contribution is -2.53. The second kappa shape index (κ2) is 5.00. The molecule has 0 N–H and O–H groups in total. The first-order valence-corrected chi connectivity index (χ1v) is 5.55. The number of nitrogens with zero attached hydrogens (tertiary/aromatic N) is 1. The number of hydrogen-bond acceptors (Lipinski definition) is 1. The monoisotopic (exact) mass is 209 g/mol. The average molecular weight is 209 g/mol. The zero-order valence-electron chi connectivity index (χ0n) is 9.80. The highest BCUT2D eigenvalue weighted by atomic mass is 15.0. The Kier molecular flexibility index (Phi) is 3.42. The molecule has 1 nitrogen and oxygen atoms in total. The molecule has 0 saturated carbocycles. The Morgan fingerprint density at radius 2 is 1.06 bits per heavy atom. The zero-order valence-corrected chi connectivity index (χ0v) is 9.80. The molecule has 0 aromatic heterocycles. The topological polar surface area (TPSA) is 3.24 Å². The fourth-order valence-electron chi connectivity index (χ4n) is 2.06. The molecule has 0 aliphatic heterocycles. The molecule has 0 fully saturated rings. The van der Waals surface area contributed by atoms with Crippen LogP contribution >= 0.6 is 0 Å². The molecule has 0 atom stereocenters. The molecule has 0 aliphatic rings. The van der Waals surface area contributed by atoms with Gasteiger partial charge in [-0.05, 0) is 14.1 Å². The Balaban J connectivity index is 2.40. The van der Waals surface area contributed by atoms with E-state index >= 15 is 0 Å². The molecule has 2 rings (SSSR count). The van der Waals surface area contributed by atoms with E-state index in [-0.39, 0.29) is 0 Å². The van der Waals surface area contributed by atoms with Crippen LogP contribution in [0, 0.1) is 0 Å². The van der Waals surface area contributed by atoms with Crippen LogP contribution in [0.15, 0.2) is 60.7 Å². The zero-order chi connectivity index (χ0) is 11.4. The minimum atomic E-state index is 0.336. The first-order chi connectivity index (χ1) is 7.79. The van der Waals surface area contributed by atoms with E-state index in [9.17, 15) is 0 Å². The number of rotatable bonds is 3. The van der Waals surface area contributed by atoms with Crippen molar-refractivity contribution in [1.82, 2.24) is 4.81 Å². The van der Waals surface area contributed by atoms with Gasteiger partial charge in [-0.2, -0.15) is 0 Å². The largest absolute Gasteiger partial charge is 0.340 e. The highest BCUT2D eigenvalue weighted by molar-refractivity contribution is 6.82. The van der Waals surface area contributed by atoms with Crippen molar-refractivity contribution in [3.63, 3.8) is 0 Å². The van der Waals surface area contributed by atoms with Crippen molar-refractivity contribution in [2.24, 2.45) is 0 Å². The quantitative estimate of drug-likeness (QED) is 0.690. The maximum atomic E-state index is 2.24. The van der Waals surface area contributed by atoms with Gasteiger partial charge in [0.2, 0.25) is 0 Å². The molecule has 2 heteroatoms. The lowest BCUT2D eigenvalue weighted by Gasteiger charge is -2.21. The fourth-order valence-corrected chi connectivity index (χ4v) is 2.06. The Hall–Kier alpha value is -1.54. The molecule has 16 heavy (non-hydrogen) atoms. The van der Waals surface area contributed by atoms with Gasteiger partial charge in [-0.25, -0.2) is 0 Å². The lowest BCUT2D eigenvalue weighted by atomic mass is 9.49. The van der Waals surface area contributed by atoms with Crippen LogP contribution in [0.4, 0.5) is 0 Å². The smallest absolute Gasteiger partial charge is 0.291 e. The van der Waals surface area contributed by atoms with Gasteiger partial charge in [0.15, 0.2) is 0 Å². The van der Waals surface area contributed by atoms with Gasteiger partial charge in [0, 0.05) is 0 Å². The molecular weight excluding hydrogens is 193 g/mol. The molecule has 2 aromatic rings. The van der Waals surface area contributed by atoms with Crippen LogP contribution in [-0.4, -0.2) is 25.8 Å². The third-order valence-electron chi connectivity index (χ3n) is 2.75. The van der Waals surface area contributed by atoms with Crippen molar-refractivity contribution in [1.29, 1.82) is 0 Å². The van der Waals surface area contributed by atoms with E-state index in [0.717, 1.165) is 0 Å². The van der Waals surface area contributed by atoms with E-state index < -0.39 is 0 Å². The predicted octanol–water partition coefficient (Wildman–Crippen LogP) is 1.35. The summed E-state index contributed by atoms with van der Waals surface area (Å²) in [7, 11) is 4.23. The highest BCUT2D eigenvalue weighted by Crippen LogP contribution is 1.94. The van der Waals surface area contributed by atoms with E-state index in [1.54, 1.807) is 0 Å². The summed E-state index contributed by atoms with van der Waals surface area (Å²) in [5.74, 6) is 0. The minimum absolute atomic E-state index is 0.336. The Bertz CT molecular complexity index is 386. The second-order valence-corrected chi connectivity index (χ2v) is 4.19. The van der Waals surface area contributed by atoms with Crippen LogP contribution in [-0.2, 0) is 0 Å². The van der Waals surface area contributed by atoms with Gasteiger partial charge in [-0.1, -0.05) is 71.6 Å². The van der Waals surface area contributed by atoms with Crippen LogP contribution in [0.5, 0.6) is 0 Å². The molecule has 0 unspecified atom stereocenters. The molecule has 2 aromatic carbocycles. The predicted molar refractivity (Wildman–Crippen MR) is 71.6 cm³/mol. The molecule has 0 heterocycles. The Morgan fingerprint density at radius 3 is 1.38 bits per heavy atom. The van der Waals surface area contributed by atoms with Crippen LogP contribution in [0.3, 0.4) is 0 Å². The maximum Gasteiger partial charge on any atom is 0.291 e. The molecular formula is C14H16BN. The molecule has 80 valence electrons. The fraction of sp³-hybridized carbons (Fsp3) is 0.143.